The molecule has 1 atom stereocenters. The maximum Gasteiger partial charge on any atom is 0.194 e. The number of aryl methyl sites for hydroxylation is 1. The van der Waals surface area contributed by atoms with E-state index >= 15 is 0 Å². The normalized spacial score (nSPS) is 20.4. The molecule has 0 unspecified atom stereocenters. The third-order valence-electron chi connectivity index (χ3n) is 4.34. The molecule has 1 aromatic heterocycles. The fourth-order valence-electron chi connectivity index (χ4n) is 3.24. The van der Waals surface area contributed by atoms with Gasteiger partial charge in [-0.15, -0.1) is 0 Å². The minimum absolute atomic E-state index is 0.190. The van der Waals surface area contributed by atoms with E-state index in [9.17, 15) is 4.79 Å². The molecule has 2 heterocycles. The Kier molecular flexibility index (Phi) is 3.62. The molecular weight excluding hydrogens is 248 g/mol. The monoisotopic (exact) mass is 270 g/mol. The Hall–Kier alpha value is -1.61. The molecule has 0 saturated carbocycles. The van der Waals surface area contributed by atoms with Crippen molar-refractivity contribution in [1.82, 2.24) is 9.88 Å². The van der Waals surface area contributed by atoms with Crippen LogP contribution in [-0.2, 0) is 6.54 Å². The summed E-state index contributed by atoms with van der Waals surface area (Å²) >= 11 is 0. The molecule has 0 amide bonds. The Bertz CT molecular complexity index is 674. The number of rotatable bonds is 2. The summed E-state index contributed by atoms with van der Waals surface area (Å²) in [5, 5.41) is 0.804. The molecule has 106 valence electrons. The largest absolute Gasteiger partial charge is 0.358 e. The highest BCUT2D eigenvalue weighted by molar-refractivity contribution is 5.79. The molecule has 3 nitrogen and oxygen atoms in total. The average Bonchev–Trinajstić information content (AvgIpc) is 2.43. The third-order valence-corrected chi connectivity index (χ3v) is 4.34. The molecule has 1 saturated heterocycles. The van der Waals surface area contributed by atoms with Gasteiger partial charge in [-0.25, -0.2) is 0 Å². The number of nitrogens with one attached hydrogen (secondary N) is 1. The van der Waals surface area contributed by atoms with Crippen LogP contribution in [0.5, 0.6) is 0 Å². The summed E-state index contributed by atoms with van der Waals surface area (Å²) in [6, 6.07) is 7.77. The van der Waals surface area contributed by atoms with Crippen molar-refractivity contribution in [1.29, 1.82) is 0 Å². The van der Waals surface area contributed by atoms with Crippen molar-refractivity contribution >= 4 is 10.9 Å². The summed E-state index contributed by atoms with van der Waals surface area (Å²) in [5.74, 6) is 0.739. The second-order valence-corrected chi connectivity index (χ2v) is 6.09. The summed E-state index contributed by atoms with van der Waals surface area (Å²) in [5.41, 5.74) is 3.06. The highest BCUT2D eigenvalue weighted by atomic mass is 16.1. The second-order valence-electron chi connectivity index (χ2n) is 6.09. The van der Waals surface area contributed by atoms with Gasteiger partial charge in [0.1, 0.15) is 0 Å². The molecule has 0 aliphatic carbocycles. The van der Waals surface area contributed by atoms with Crippen molar-refractivity contribution in [3.8, 4) is 0 Å². The smallest absolute Gasteiger partial charge is 0.194 e. The molecular formula is C17H22N2O. The zero-order chi connectivity index (χ0) is 14.1. The highest BCUT2D eigenvalue weighted by Crippen LogP contribution is 2.18. The van der Waals surface area contributed by atoms with Crippen molar-refractivity contribution in [2.24, 2.45) is 5.92 Å². The quantitative estimate of drug-likeness (QED) is 0.910. The molecule has 1 aliphatic rings. The summed E-state index contributed by atoms with van der Waals surface area (Å²) < 4.78 is 0. The number of benzene rings is 1. The predicted octanol–water partition coefficient (Wildman–Crippen LogP) is 3.07. The van der Waals surface area contributed by atoms with E-state index in [1.807, 2.05) is 31.2 Å². The van der Waals surface area contributed by atoms with E-state index in [0.717, 1.165) is 47.7 Å². The minimum atomic E-state index is 0.190. The number of piperidine rings is 1. The Balaban J connectivity index is 1.97. The Morgan fingerprint density at radius 2 is 2.15 bits per heavy atom. The fraction of sp³-hybridized carbons (Fsp3) is 0.471. The molecule has 3 rings (SSSR count). The van der Waals surface area contributed by atoms with E-state index < -0.39 is 0 Å². The number of nitrogens with zero attached hydrogens (tertiary/aromatic N) is 1. The molecule has 1 N–H and O–H groups in total. The lowest BCUT2D eigenvalue weighted by Crippen LogP contribution is -2.35. The van der Waals surface area contributed by atoms with Crippen molar-refractivity contribution in [2.75, 3.05) is 13.1 Å². The zero-order valence-corrected chi connectivity index (χ0v) is 12.3. The molecule has 0 bridgehead atoms. The lowest BCUT2D eigenvalue weighted by Gasteiger charge is -2.31. The Morgan fingerprint density at radius 1 is 1.35 bits per heavy atom. The molecule has 1 aromatic carbocycles. The van der Waals surface area contributed by atoms with Gasteiger partial charge in [-0.3, -0.25) is 9.69 Å². The van der Waals surface area contributed by atoms with Gasteiger partial charge < -0.3 is 4.98 Å². The van der Waals surface area contributed by atoms with Crippen LogP contribution in [0.1, 0.15) is 31.0 Å². The van der Waals surface area contributed by atoms with E-state index in [1.54, 1.807) is 0 Å². The van der Waals surface area contributed by atoms with Gasteiger partial charge in [0.2, 0.25) is 0 Å². The van der Waals surface area contributed by atoms with Crippen LogP contribution in [0.3, 0.4) is 0 Å². The van der Waals surface area contributed by atoms with Crippen molar-refractivity contribution in [2.45, 2.75) is 33.2 Å². The van der Waals surface area contributed by atoms with Crippen molar-refractivity contribution < 1.29 is 0 Å². The van der Waals surface area contributed by atoms with Gasteiger partial charge >= 0.3 is 0 Å². The first kappa shape index (κ1) is 13.4. The Morgan fingerprint density at radius 3 is 2.95 bits per heavy atom. The van der Waals surface area contributed by atoms with Crippen molar-refractivity contribution in [3.63, 3.8) is 0 Å². The average molecular weight is 270 g/mol. The number of H-pyrrole nitrogens is 1. The number of aromatic nitrogens is 1. The maximum atomic E-state index is 12.7. The molecule has 3 heteroatoms. The summed E-state index contributed by atoms with van der Waals surface area (Å²) in [6.07, 6.45) is 2.55. The molecule has 20 heavy (non-hydrogen) atoms. The highest BCUT2D eigenvalue weighted by Gasteiger charge is 2.19. The zero-order valence-electron chi connectivity index (χ0n) is 12.3. The van der Waals surface area contributed by atoms with E-state index in [4.69, 9.17) is 0 Å². The number of hydrogen-bond acceptors (Lipinski definition) is 2. The molecule has 0 radical (unpaired) electrons. The van der Waals surface area contributed by atoms with Gasteiger partial charge in [-0.05, 0) is 44.4 Å². The van der Waals surface area contributed by atoms with Crippen LogP contribution in [0.25, 0.3) is 10.9 Å². The van der Waals surface area contributed by atoms with Gasteiger partial charge in [0.25, 0.3) is 0 Å². The predicted molar refractivity (Wildman–Crippen MR) is 83.0 cm³/mol. The molecule has 1 aliphatic heterocycles. The third kappa shape index (κ3) is 2.50. The van der Waals surface area contributed by atoms with E-state index in [0.29, 0.717) is 0 Å². The molecule has 0 spiro atoms. The van der Waals surface area contributed by atoms with Crippen LogP contribution >= 0.6 is 0 Å². The van der Waals surface area contributed by atoms with E-state index in [1.165, 1.54) is 12.8 Å². The lowest BCUT2D eigenvalue weighted by atomic mass is 9.99. The van der Waals surface area contributed by atoms with Crippen LogP contribution in [0.15, 0.2) is 29.1 Å². The first-order valence-corrected chi connectivity index (χ1v) is 7.48. The number of fused-ring (bicyclic) bond motifs is 1. The second kappa shape index (κ2) is 5.41. The minimum Gasteiger partial charge on any atom is -0.358 e. The number of para-hydroxylation sites is 1. The summed E-state index contributed by atoms with van der Waals surface area (Å²) in [7, 11) is 0. The SMILES string of the molecule is Cc1[nH]c2ccccc2c(=O)c1CN1CCC[C@@H](C)C1. The first-order chi connectivity index (χ1) is 9.65. The van der Waals surface area contributed by atoms with Gasteiger partial charge in [-0.1, -0.05) is 19.1 Å². The number of aromatic amines is 1. The summed E-state index contributed by atoms with van der Waals surface area (Å²) in [4.78, 5) is 18.4. The maximum absolute atomic E-state index is 12.7. The number of pyridine rings is 1. The topological polar surface area (TPSA) is 36.1 Å². The Labute approximate surface area is 119 Å². The van der Waals surface area contributed by atoms with E-state index in [-0.39, 0.29) is 5.43 Å². The van der Waals surface area contributed by atoms with Crippen LogP contribution in [0.4, 0.5) is 0 Å². The first-order valence-electron chi connectivity index (χ1n) is 7.48. The molecule has 2 aromatic rings. The molecule has 1 fully saturated rings. The van der Waals surface area contributed by atoms with Crippen molar-refractivity contribution in [3.05, 3.63) is 45.7 Å². The standard InChI is InChI=1S/C17H22N2O/c1-12-6-5-9-19(10-12)11-15-13(2)18-16-8-4-3-7-14(16)17(15)20/h3-4,7-8,12H,5-6,9-11H2,1-2H3,(H,18,20)/t12-/m1/s1. The van der Waals surface area contributed by atoms with Crippen LogP contribution in [0, 0.1) is 12.8 Å². The van der Waals surface area contributed by atoms with Gasteiger partial charge in [-0.2, -0.15) is 0 Å². The van der Waals surface area contributed by atoms with E-state index in [2.05, 4.69) is 16.8 Å². The van der Waals surface area contributed by atoms with Gasteiger partial charge in [0.15, 0.2) is 5.43 Å². The van der Waals surface area contributed by atoms with Crippen LogP contribution in [0.2, 0.25) is 0 Å². The number of hydrogen-bond donors (Lipinski definition) is 1. The van der Waals surface area contributed by atoms with Gasteiger partial charge in [0, 0.05) is 35.2 Å². The lowest BCUT2D eigenvalue weighted by molar-refractivity contribution is 0.176. The number of likely N-dealkylation sites (tertiary alicyclic amines) is 1. The fourth-order valence-corrected chi connectivity index (χ4v) is 3.24. The van der Waals surface area contributed by atoms with Crippen LogP contribution < -0.4 is 5.43 Å². The van der Waals surface area contributed by atoms with Gasteiger partial charge in [0.05, 0.1) is 0 Å². The summed E-state index contributed by atoms with van der Waals surface area (Å²) in [6.45, 7) is 7.29. The van der Waals surface area contributed by atoms with Crippen LogP contribution in [-0.4, -0.2) is 23.0 Å².